The van der Waals surface area contributed by atoms with Gasteiger partial charge in [0.05, 0.1) is 12.1 Å². The topological polar surface area (TPSA) is 75.6 Å². The molecule has 1 fully saturated rings. The third-order valence-electron chi connectivity index (χ3n) is 5.09. The van der Waals surface area contributed by atoms with Crippen molar-refractivity contribution in [1.29, 1.82) is 0 Å². The summed E-state index contributed by atoms with van der Waals surface area (Å²) < 4.78 is 7.54. The van der Waals surface area contributed by atoms with Gasteiger partial charge in [-0.1, -0.05) is 18.2 Å². The molecule has 3 rings (SSSR count). The highest BCUT2D eigenvalue weighted by molar-refractivity contribution is 6.35. The molecule has 27 heavy (non-hydrogen) atoms. The molecule has 0 unspecified atom stereocenters. The van der Waals surface area contributed by atoms with Gasteiger partial charge in [-0.25, -0.2) is 0 Å². The van der Waals surface area contributed by atoms with E-state index < -0.39 is 11.8 Å². The molecule has 0 bridgehead atoms. The molecule has 1 aromatic heterocycles. The van der Waals surface area contributed by atoms with Crippen molar-refractivity contribution < 1.29 is 14.3 Å². The zero-order valence-electron chi connectivity index (χ0n) is 16.2. The summed E-state index contributed by atoms with van der Waals surface area (Å²) in [5.41, 5.74) is 2.26. The van der Waals surface area contributed by atoms with E-state index in [9.17, 15) is 9.59 Å². The van der Waals surface area contributed by atoms with Crippen molar-refractivity contribution in [3.05, 3.63) is 36.0 Å². The van der Waals surface area contributed by atoms with Gasteiger partial charge in [-0.05, 0) is 38.6 Å². The molecule has 2 aromatic rings. The Hall–Kier alpha value is -2.38. The molecule has 0 saturated carbocycles. The van der Waals surface area contributed by atoms with Gasteiger partial charge in [-0.3, -0.25) is 9.59 Å². The van der Waals surface area contributed by atoms with Crippen LogP contribution in [-0.4, -0.2) is 61.2 Å². The molecule has 1 saturated heterocycles. The molecule has 2 N–H and O–H groups in total. The van der Waals surface area contributed by atoms with E-state index in [2.05, 4.69) is 33.5 Å². The summed E-state index contributed by atoms with van der Waals surface area (Å²) in [6.45, 7) is 1.46. The average molecular weight is 372 g/mol. The Bertz CT molecular complexity index is 809. The first-order valence-corrected chi connectivity index (χ1v) is 9.35. The van der Waals surface area contributed by atoms with Crippen LogP contribution in [0.3, 0.4) is 0 Å². The summed E-state index contributed by atoms with van der Waals surface area (Å²) in [6, 6.07) is 8.14. The van der Waals surface area contributed by atoms with Crippen molar-refractivity contribution in [3.63, 3.8) is 0 Å². The molecule has 1 aliphatic heterocycles. The quantitative estimate of drug-likeness (QED) is 0.747. The fraction of sp³-hybridized carbons (Fsp3) is 0.500. The lowest BCUT2D eigenvalue weighted by molar-refractivity contribution is -0.139. The average Bonchev–Trinajstić information content (AvgIpc) is 3.28. The third kappa shape index (κ3) is 4.48. The molecular weight excluding hydrogens is 344 g/mol. The summed E-state index contributed by atoms with van der Waals surface area (Å²) in [7, 11) is 5.95. The van der Waals surface area contributed by atoms with E-state index in [0.29, 0.717) is 13.1 Å². The van der Waals surface area contributed by atoms with Crippen LogP contribution in [0.1, 0.15) is 24.4 Å². The summed E-state index contributed by atoms with van der Waals surface area (Å²) in [5, 5.41) is 6.58. The SMILES string of the molecule is CN(C)[C@@H](CNC(=O)C(=O)NC[C@H]1CCCO1)c1cn(C)c2ccccc12. The number of aromatic nitrogens is 1. The zero-order chi connectivity index (χ0) is 19.4. The molecule has 1 aromatic carbocycles. The molecular formula is C20H28N4O3. The van der Waals surface area contributed by atoms with Gasteiger partial charge in [0.2, 0.25) is 0 Å². The first-order chi connectivity index (χ1) is 13.0. The molecule has 0 aliphatic carbocycles. The Balaban J connectivity index is 1.62. The molecule has 1 aliphatic rings. The number of fused-ring (bicyclic) bond motifs is 1. The first-order valence-electron chi connectivity index (χ1n) is 9.35. The number of ether oxygens (including phenoxy) is 1. The highest BCUT2D eigenvalue weighted by Crippen LogP contribution is 2.28. The van der Waals surface area contributed by atoms with Crippen molar-refractivity contribution in [2.45, 2.75) is 25.0 Å². The van der Waals surface area contributed by atoms with E-state index in [1.165, 1.54) is 0 Å². The Labute approximate surface area is 159 Å². The van der Waals surface area contributed by atoms with E-state index in [0.717, 1.165) is 35.9 Å². The maximum absolute atomic E-state index is 12.2. The van der Waals surface area contributed by atoms with E-state index in [4.69, 9.17) is 4.74 Å². The van der Waals surface area contributed by atoms with Crippen LogP contribution in [0.4, 0.5) is 0 Å². The highest BCUT2D eigenvalue weighted by atomic mass is 16.5. The zero-order valence-corrected chi connectivity index (χ0v) is 16.2. The van der Waals surface area contributed by atoms with Gasteiger partial charge in [0.1, 0.15) is 0 Å². The highest BCUT2D eigenvalue weighted by Gasteiger charge is 2.23. The number of amides is 2. The van der Waals surface area contributed by atoms with E-state index >= 15 is 0 Å². The van der Waals surface area contributed by atoms with Crippen molar-refractivity contribution in [2.75, 3.05) is 33.8 Å². The standard InChI is InChI=1S/C20H28N4O3/c1-23(2)18(16-13-24(3)17-9-5-4-8-15(16)17)12-22-20(26)19(25)21-11-14-7-6-10-27-14/h4-5,8-9,13-14,18H,6-7,10-12H2,1-3H3,(H,21,25)(H,22,26)/t14-,18+/m1/s1. The lowest BCUT2D eigenvalue weighted by Crippen LogP contribution is -2.44. The van der Waals surface area contributed by atoms with Gasteiger partial charge in [0.25, 0.3) is 0 Å². The number of hydrogen-bond acceptors (Lipinski definition) is 4. The second kappa shape index (κ2) is 8.54. The van der Waals surface area contributed by atoms with Gasteiger partial charge in [-0.2, -0.15) is 0 Å². The summed E-state index contributed by atoms with van der Waals surface area (Å²) in [5.74, 6) is -1.22. The minimum absolute atomic E-state index is 0.0203. The minimum atomic E-state index is -0.611. The number of carbonyl (C=O) groups excluding carboxylic acids is 2. The lowest BCUT2D eigenvalue weighted by atomic mass is 10.0. The number of benzene rings is 1. The number of nitrogens with one attached hydrogen (secondary N) is 2. The number of likely N-dealkylation sites (N-methyl/N-ethyl adjacent to an activating group) is 1. The largest absolute Gasteiger partial charge is 0.376 e. The summed E-state index contributed by atoms with van der Waals surface area (Å²) in [4.78, 5) is 26.3. The number of para-hydroxylation sites is 1. The Morgan fingerprint density at radius 1 is 1.26 bits per heavy atom. The predicted molar refractivity (Wildman–Crippen MR) is 104 cm³/mol. The number of nitrogens with zero attached hydrogens (tertiary/aromatic N) is 2. The fourth-order valence-electron chi connectivity index (χ4n) is 3.57. The van der Waals surface area contributed by atoms with Crippen molar-refractivity contribution in [2.24, 2.45) is 7.05 Å². The second-order valence-electron chi connectivity index (χ2n) is 7.25. The van der Waals surface area contributed by atoms with E-state index in [1.807, 2.05) is 38.2 Å². The first kappa shape index (κ1) is 19.4. The van der Waals surface area contributed by atoms with Crippen LogP contribution < -0.4 is 10.6 Å². The molecule has 7 nitrogen and oxygen atoms in total. The van der Waals surface area contributed by atoms with Crippen molar-refractivity contribution in [1.82, 2.24) is 20.1 Å². The Kier molecular flexibility index (Phi) is 6.13. The van der Waals surface area contributed by atoms with Crippen LogP contribution in [0.5, 0.6) is 0 Å². The van der Waals surface area contributed by atoms with Gasteiger partial charge in [0, 0.05) is 43.8 Å². The van der Waals surface area contributed by atoms with Crippen LogP contribution in [0.2, 0.25) is 0 Å². The maximum atomic E-state index is 12.2. The molecule has 2 heterocycles. The van der Waals surface area contributed by atoms with Gasteiger partial charge in [-0.15, -0.1) is 0 Å². The molecule has 0 spiro atoms. The second-order valence-corrected chi connectivity index (χ2v) is 7.25. The molecule has 2 amide bonds. The van der Waals surface area contributed by atoms with E-state index in [-0.39, 0.29) is 12.1 Å². The number of hydrogen-bond donors (Lipinski definition) is 2. The fourth-order valence-corrected chi connectivity index (χ4v) is 3.57. The predicted octanol–water partition coefficient (Wildman–Crippen LogP) is 1.19. The van der Waals surface area contributed by atoms with Crippen LogP contribution in [-0.2, 0) is 21.4 Å². The lowest BCUT2D eigenvalue weighted by Gasteiger charge is -2.24. The summed E-state index contributed by atoms with van der Waals surface area (Å²) in [6.07, 6.45) is 4.03. The summed E-state index contributed by atoms with van der Waals surface area (Å²) >= 11 is 0. The molecule has 0 radical (unpaired) electrons. The molecule has 146 valence electrons. The Morgan fingerprint density at radius 3 is 2.70 bits per heavy atom. The minimum Gasteiger partial charge on any atom is -0.376 e. The molecule has 7 heteroatoms. The van der Waals surface area contributed by atoms with Crippen LogP contribution in [0.15, 0.2) is 30.5 Å². The third-order valence-corrected chi connectivity index (χ3v) is 5.09. The Morgan fingerprint density at radius 2 is 2.00 bits per heavy atom. The van der Waals surface area contributed by atoms with Crippen molar-refractivity contribution >= 4 is 22.7 Å². The number of carbonyl (C=O) groups is 2. The van der Waals surface area contributed by atoms with Crippen LogP contribution in [0, 0.1) is 0 Å². The van der Waals surface area contributed by atoms with Gasteiger partial charge in [0.15, 0.2) is 0 Å². The normalized spacial score (nSPS) is 18.0. The van der Waals surface area contributed by atoms with Crippen LogP contribution in [0.25, 0.3) is 10.9 Å². The number of aryl methyl sites for hydroxylation is 1. The van der Waals surface area contributed by atoms with Gasteiger partial charge >= 0.3 is 11.8 Å². The van der Waals surface area contributed by atoms with Gasteiger partial charge < -0.3 is 24.8 Å². The smallest absolute Gasteiger partial charge is 0.309 e. The molecule has 2 atom stereocenters. The monoisotopic (exact) mass is 372 g/mol. The number of rotatable bonds is 6. The maximum Gasteiger partial charge on any atom is 0.309 e. The van der Waals surface area contributed by atoms with Crippen molar-refractivity contribution in [3.8, 4) is 0 Å². The van der Waals surface area contributed by atoms with Crippen LogP contribution >= 0.6 is 0 Å². The van der Waals surface area contributed by atoms with E-state index in [1.54, 1.807) is 0 Å².